The fourth-order valence-electron chi connectivity index (χ4n) is 6.02. The molecule has 0 spiro atoms. The Morgan fingerprint density at radius 3 is 2.56 bits per heavy atom. The number of hydrogen-bond acceptors (Lipinski definition) is 6. The van der Waals surface area contributed by atoms with Crippen LogP contribution in [0.1, 0.15) is 55.2 Å². The van der Waals surface area contributed by atoms with Gasteiger partial charge in [0.15, 0.2) is 0 Å². The maximum absolute atomic E-state index is 13.4. The Kier molecular flexibility index (Phi) is 7.06. The molecule has 0 radical (unpaired) electrons. The van der Waals surface area contributed by atoms with Gasteiger partial charge in [0.1, 0.15) is 0 Å². The van der Waals surface area contributed by atoms with Crippen molar-refractivity contribution in [2.75, 3.05) is 18.1 Å². The molecule has 8 nitrogen and oxygen atoms in total. The van der Waals surface area contributed by atoms with Crippen LogP contribution in [0.25, 0.3) is 22.2 Å². The minimum absolute atomic E-state index is 0.128. The van der Waals surface area contributed by atoms with E-state index in [0.717, 1.165) is 52.8 Å². The van der Waals surface area contributed by atoms with Gasteiger partial charge in [-0.25, -0.2) is 0 Å². The molecule has 4 heterocycles. The number of carbonyl (C=O) groups is 1. The van der Waals surface area contributed by atoms with Crippen LogP contribution in [0, 0.1) is 5.92 Å². The number of hydrogen-bond donors (Lipinski definition) is 3. The second-order valence-corrected chi connectivity index (χ2v) is 11.2. The number of H-pyrrole nitrogens is 1. The van der Waals surface area contributed by atoms with Crippen LogP contribution in [0.15, 0.2) is 66.9 Å². The number of pyridine rings is 1. The SMILES string of the molecule is CC(C)C[C@H](NC(=O)c1ccc2[nH]nc(-c3ccc(N4[C@@H]5COC[C@H]4C[C@H](O)C5)cc3)c2c1)c1ccccn1. The van der Waals surface area contributed by atoms with Crippen molar-refractivity contribution in [1.29, 1.82) is 0 Å². The lowest BCUT2D eigenvalue weighted by molar-refractivity contribution is 0.00124. The Morgan fingerprint density at radius 1 is 1.10 bits per heavy atom. The monoisotopic (exact) mass is 525 g/mol. The summed E-state index contributed by atoms with van der Waals surface area (Å²) in [6.45, 7) is 5.57. The second kappa shape index (κ2) is 10.8. The standard InChI is InChI=1S/C31H35N5O3/c1-19(2)13-29(28-5-3-4-12-32-28)33-31(38)21-8-11-27-26(14-21)30(35-34-27)20-6-9-22(10-7-20)36-23-15-25(37)16-24(36)18-39-17-23/h3-12,14,19,23-25,29,37H,13,15-18H2,1-2H3,(H,33,38)(H,34,35)/t23-,24+,25+,29-/m0/s1. The van der Waals surface area contributed by atoms with Crippen molar-refractivity contribution in [2.24, 2.45) is 5.92 Å². The van der Waals surface area contributed by atoms with E-state index >= 15 is 0 Å². The number of aromatic nitrogens is 3. The highest BCUT2D eigenvalue weighted by Crippen LogP contribution is 2.35. The van der Waals surface area contributed by atoms with E-state index < -0.39 is 0 Å². The Balaban J connectivity index is 1.24. The average Bonchev–Trinajstić information content (AvgIpc) is 3.36. The van der Waals surface area contributed by atoms with E-state index in [1.807, 2.05) is 36.4 Å². The fraction of sp³-hybridized carbons (Fsp3) is 0.387. The lowest BCUT2D eigenvalue weighted by Crippen LogP contribution is -2.58. The van der Waals surface area contributed by atoms with Gasteiger partial charge in [0.25, 0.3) is 5.91 Å². The number of benzene rings is 2. The van der Waals surface area contributed by atoms with Gasteiger partial charge in [-0.15, -0.1) is 0 Å². The van der Waals surface area contributed by atoms with Crippen LogP contribution in [0.3, 0.4) is 0 Å². The van der Waals surface area contributed by atoms with Gasteiger partial charge >= 0.3 is 0 Å². The van der Waals surface area contributed by atoms with Crippen LogP contribution >= 0.6 is 0 Å². The molecule has 2 aromatic carbocycles. The molecule has 4 atom stereocenters. The van der Waals surface area contributed by atoms with E-state index in [-0.39, 0.29) is 30.1 Å². The molecule has 4 aromatic rings. The van der Waals surface area contributed by atoms with E-state index in [1.54, 1.807) is 6.20 Å². The number of aliphatic hydroxyl groups is 1. The molecule has 0 aliphatic carbocycles. The van der Waals surface area contributed by atoms with Crippen molar-refractivity contribution >= 4 is 22.5 Å². The third kappa shape index (κ3) is 5.27. The van der Waals surface area contributed by atoms with Crippen LogP contribution in [-0.4, -0.2) is 57.6 Å². The van der Waals surface area contributed by atoms with Crippen LogP contribution in [-0.2, 0) is 4.74 Å². The topological polar surface area (TPSA) is 103 Å². The van der Waals surface area contributed by atoms with Crippen LogP contribution in [0.5, 0.6) is 0 Å². The highest BCUT2D eigenvalue weighted by molar-refractivity contribution is 6.01. The van der Waals surface area contributed by atoms with Gasteiger partial charge in [-0.3, -0.25) is 14.9 Å². The number of aromatic amines is 1. The second-order valence-electron chi connectivity index (χ2n) is 11.2. The number of carbonyl (C=O) groups excluding carboxylic acids is 1. The highest BCUT2D eigenvalue weighted by atomic mass is 16.5. The predicted octanol–water partition coefficient (Wildman–Crippen LogP) is 4.87. The number of nitrogens with one attached hydrogen (secondary N) is 2. The van der Waals surface area contributed by atoms with Crippen molar-refractivity contribution in [2.45, 2.75) is 57.3 Å². The predicted molar refractivity (Wildman–Crippen MR) is 152 cm³/mol. The quantitative estimate of drug-likeness (QED) is 0.318. The van der Waals surface area contributed by atoms with Crippen molar-refractivity contribution in [1.82, 2.24) is 20.5 Å². The molecule has 2 aliphatic heterocycles. The van der Waals surface area contributed by atoms with E-state index in [9.17, 15) is 9.90 Å². The van der Waals surface area contributed by atoms with Gasteiger partial charge in [-0.1, -0.05) is 32.0 Å². The van der Waals surface area contributed by atoms with Crippen molar-refractivity contribution in [3.8, 4) is 11.3 Å². The smallest absolute Gasteiger partial charge is 0.251 e. The first-order valence-electron chi connectivity index (χ1n) is 13.8. The van der Waals surface area contributed by atoms with E-state index in [0.29, 0.717) is 24.7 Å². The molecule has 2 bridgehead atoms. The largest absolute Gasteiger partial charge is 0.393 e. The van der Waals surface area contributed by atoms with E-state index in [4.69, 9.17) is 4.74 Å². The van der Waals surface area contributed by atoms with E-state index in [1.165, 1.54) is 0 Å². The molecule has 6 rings (SSSR count). The van der Waals surface area contributed by atoms with Gasteiger partial charge in [0.2, 0.25) is 0 Å². The highest BCUT2D eigenvalue weighted by Gasteiger charge is 2.38. The summed E-state index contributed by atoms with van der Waals surface area (Å²) >= 11 is 0. The number of anilines is 1. The van der Waals surface area contributed by atoms with Gasteiger partial charge < -0.3 is 20.1 Å². The van der Waals surface area contributed by atoms with E-state index in [2.05, 4.69) is 63.5 Å². The Morgan fingerprint density at radius 2 is 1.87 bits per heavy atom. The van der Waals surface area contributed by atoms with Gasteiger partial charge in [0.05, 0.1) is 54.3 Å². The van der Waals surface area contributed by atoms with Crippen molar-refractivity contribution in [3.05, 3.63) is 78.1 Å². The zero-order chi connectivity index (χ0) is 26.9. The number of aliphatic hydroxyl groups excluding tert-OH is 1. The van der Waals surface area contributed by atoms with Crippen LogP contribution < -0.4 is 10.2 Å². The maximum atomic E-state index is 13.4. The third-order valence-electron chi connectivity index (χ3n) is 7.82. The number of rotatable bonds is 7. The normalized spacial score (nSPS) is 21.7. The Bertz CT molecular complexity index is 1420. The number of amides is 1. The van der Waals surface area contributed by atoms with Crippen LogP contribution in [0.2, 0.25) is 0 Å². The summed E-state index contributed by atoms with van der Waals surface area (Å²) in [6, 6.07) is 20.1. The fourth-order valence-corrected chi connectivity index (χ4v) is 6.02. The molecule has 2 fully saturated rings. The van der Waals surface area contributed by atoms with Gasteiger partial charge in [0, 0.05) is 28.4 Å². The number of nitrogens with zero attached hydrogens (tertiary/aromatic N) is 3. The molecule has 3 N–H and O–H groups in total. The lowest BCUT2D eigenvalue weighted by atomic mass is 9.91. The lowest BCUT2D eigenvalue weighted by Gasteiger charge is -2.48. The summed E-state index contributed by atoms with van der Waals surface area (Å²) in [6.07, 6.45) is 3.76. The molecular formula is C31H35N5O3. The molecule has 8 heteroatoms. The van der Waals surface area contributed by atoms with Gasteiger partial charge in [-0.2, -0.15) is 5.10 Å². The number of ether oxygens (including phenoxy) is 1. The van der Waals surface area contributed by atoms with Crippen LogP contribution in [0.4, 0.5) is 5.69 Å². The zero-order valence-corrected chi connectivity index (χ0v) is 22.4. The summed E-state index contributed by atoms with van der Waals surface area (Å²) in [4.78, 5) is 20.2. The first-order chi connectivity index (χ1) is 19.0. The van der Waals surface area contributed by atoms with Crippen molar-refractivity contribution < 1.29 is 14.6 Å². The Labute approximate surface area is 228 Å². The molecule has 2 saturated heterocycles. The number of fused-ring (bicyclic) bond motifs is 3. The first kappa shape index (κ1) is 25.5. The first-order valence-corrected chi connectivity index (χ1v) is 13.8. The summed E-state index contributed by atoms with van der Waals surface area (Å²) in [5, 5.41) is 22.0. The molecule has 2 aliphatic rings. The average molecular weight is 526 g/mol. The minimum atomic E-state index is -0.258. The molecule has 202 valence electrons. The Hall–Kier alpha value is -3.75. The molecular weight excluding hydrogens is 490 g/mol. The molecule has 0 saturated carbocycles. The maximum Gasteiger partial charge on any atom is 0.251 e. The minimum Gasteiger partial charge on any atom is -0.393 e. The molecule has 0 unspecified atom stereocenters. The summed E-state index contributed by atoms with van der Waals surface area (Å²) < 4.78 is 5.76. The number of piperidine rings is 1. The summed E-state index contributed by atoms with van der Waals surface area (Å²) in [5.41, 5.74) is 5.26. The summed E-state index contributed by atoms with van der Waals surface area (Å²) in [7, 11) is 0. The zero-order valence-electron chi connectivity index (χ0n) is 22.4. The van der Waals surface area contributed by atoms with Crippen molar-refractivity contribution in [3.63, 3.8) is 0 Å². The molecule has 2 aromatic heterocycles. The molecule has 1 amide bonds. The molecule has 39 heavy (non-hydrogen) atoms. The summed E-state index contributed by atoms with van der Waals surface area (Å²) in [5.74, 6) is 0.280. The third-order valence-corrected chi connectivity index (χ3v) is 7.82. The van der Waals surface area contributed by atoms with Gasteiger partial charge in [-0.05, 0) is 67.6 Å². The number of morpholine rings is 1.